The zero-order valence-corrected chi connectivity index (χ0v) is 17.0. The average molecular weight is 436 g/mol. The number of aromatic nitrogens is 1. The molecule has 0 saturated heterocycles. The van der Waals surface area contributed by atoms with Crippen molar-refractivity contribution in [2.75, 3.05) is 0 Å². The summed E-state index contributed by atoms with van der Waals surface area (Å²) in [6.07, 6.45) is 6.39. The molecule has 28 heavy (non-hydrogen) atoms. The van der Waals surface area contributed by atoms with Gasteiger partial charge in [0.05, 0.1) is 16.7 Å². The molecule has 5 heteroatoms. The number of hydrogen-bond donors (Lipinski definition) is 2. The van der Waals surface area contributed by atoms with Crippen LogP contribution in [0.15, 0.2) is 89.1 Å². The van der Waals surface area contributed by atoms with Crippen molar-refractivity contribution in [3.8, 4) is 0 Å². The lowest BCUT2D eigenvalue weighted by Gasteiger charge is -2.34. The molecule has 142 valence electrons. The van der Waals surface area contributed by atoms with Gasteiger partial charge in [-0.3, -0.25) is 0 Å². The van der Waals surface area contributed by atoms with Crippen molar-refractivity contribution in [3.63, 3.8) is 0 Å². The molecular formula is C23H22BrN3O. The summed E-state index contributed by atoms with van der Waals surface area (Å²) < 4.78 is 6.95. The van der Waals surface area contributed by atoms with Gasteiger partial charge in [0.25, 0.3) is 0 Å². The first-order valence-electron chi connectivity index (χ1n) is 9.19. The van der Waals surface area contributed by atoms with Crippen molar-refractivity contribution in [1.82, 2.24) is 4.98 Å². The predicted molar refractivity (Wildman–Crippen MR) is 116 cm³/mol. The third-order valence-corrected chi connectivity index (χ3v) is 5.46. The minimum absolute atomic E-state index is 0.337. The maximum absolute atomic E-state index is 6.58. The molecule has 2 unspecified atom stereocenters. The van der Waals surface area contributed by atoms with Crippen LogP contribution in [0, 0.1) is 0 Å². The molecule has 4 N–H and O–H groups in total. The molecule has 0 fully saturated rings. The van der Waals surface area contributed by atoms with Crippen molar-refractivity contribution < 1.29 is 4.74 Å². The molecule has 2 atom stereocenters. The van der Waals surface area contributed by atoms with E-state index in [2.05, 4.69) is 39.1 Å². The molecule has 1 aliphatic carbocycles. The summed E-state index contributed by atoms with van der Waals surface area (Å²) in [7, 11) is 0. The molecule has 2 aromatic carbocycles. The van der Waals surface area contributed by atoms with Crippen molar-refractivity contribution in [3.05, 3.63) is 100 Å². The van der Waals surface area contributed by atoms with Gasteiger partial charge in [0.15, 0.2) is 0 Å². The summed E-state index contributed by atoms with van der Waals surface area (Å²) in [6.45, 7) is 0.386. The highest BCUT2D eigenvalue weighted by Crippen LogP contribution is 2.25. The fraction of sp³-hybridized carbons (Fsp3) is 0.174. The topological polar surface area (TPSA) is 74.2 Å². The summed E-state index contributed by atoms with van der Waals surface area (Å²) in [4.78, 5) is 4.63. The van der Waals surface area contributed by atoms with Crippen molar-refractivity contribution in [2.24, 2.45) is 11.5 Å². The monoisotopic (exact) mass is 435 g/mol. The Labute approximate surface area is 173 Å². The van der Waals surface area contributed by atoms with E-state index >= 15 is 0 Å². The number of ether oxygens (including phenoxy) is 1. The van der Waals surface area contributed by atoms with Crippen LogP contribution in [-0.2, 0) is 17.8 Å². The second-order valence-corrected chi connectivity index (χ2v) is 8.05. The molecule has 3 aromatic rings. The number of pyridine rings is 1. The third kappa shape index (κ3) is 4.17. The summed E-state index contributed by atoms with van der Waals surface area (Å²) in [5.41, 5.74) is 15.3. The summed E-state index contributed by atoms with van der Waals surface area (Å²) in [5.74, 6) is 0.720. The molecule has 0 radical (unpaired) electrons. The predicted octanol–water partition coefficient (Wildman–Crippen LogP) is 4.24. The number of fused-ring (bicyclic) bond motifs is 1. The first-order chi connectivity index (χ1) is 13.5. The smallest absolute Gasteiger partial charge is 0.130 e. The van der Waals surface area contributed by atoms with Crippen molar-refractivity contribution in [2.45, 2.75) is 24.6 Å². The minimum Gasteiger partial charge on any atom is -0.488 e. The number of nitrogens with zero attached hydrogens (tertiary/aromatic N) is 1. The van der Waals surface area contributed by atoms with Crippen LogP contribution in [0.5, 0.6) is 0 Å². The number of rotatable bonds is 5. The average Bonchev–Trinajstić information content (AvgIpc) is 2.69. The Bertz CT molecular complexity index is 1060. The van der Waals surface area contributed by atoms with Gasteiger partial charge in [-0.05, 0) is 48.4 Å². The molecular weight excluding hydrogens is 414 g/mol. The molecule has 4 rings (SSSR count). The van der Waals surface area contributed by atoms with E-state index < -0.39 is 5.54 Å². The van der Waals surface area contributed by atoms with Crippen LogP contribution in [0.1, 0.15) is 11.3 Å². The number of nitrogens with two attached hydrogens (primary N) is 2. The van der Waals surface area contributed by atoms with Crippen LogP contribution in [0.2, 0.25) is 0 Å². The fourth-order valence-electron chi connectivity index (χ4n) is 3.36. The molecule has 1 aliphatic rings. The highest BCUT2D eigenvalue weighted by molar-refractivity contribution is 9.10. The molecule has 0 amide bonds. The number of benzene rings is 2. The van der Waals surface area contributed by atoms with Crippen LogP contribution < -0.4 is 11.5 Å². The van der Waals surface area contributed by atoms with Gasteiger partial charge >= 0.3 is 0 Å². The zero-order valence-electron chi connectivity index (χ0n) is 15.4. The van der Waals surface area contributed by atoms with Gasteiger partial charge in [-0.1, -0.05) is 58.4 Å². The van der Waals surface area contributed by atoms with Crippen LogP contribution in [0.25, 0.3) is 10.9 Å². The van der Waals surface area contributed by atoms with Gasteiger partial charge in [-0.2, -0.15) is 0 Å². The second-order valence-electron chi connectivity index (χ2n) is 7.13. The maximum Gasteiger partial charge on any atom is 0.130 e. The van der Waals surface area contributed by atoms with Crippen LogP contribution in [0.3, 0.4) is 0 Å². The van der Waals surface area contributed by atoms with E-state index in [0.717, 1.165) is 32.4 Å². The molecule has 0 spiro atoms. The van der Waals surface area contributed by atoms with E-state index in [0.29, 0.717) is 13.0 Å². The van der Waals surface area contributed by atoms with Gasteiger partial charge in [0.2, 0.25) is 0 Å². The van der Waals surface area contributed by atoms with Gasteiger partial charge in [-0.25, -0.2) is 4.98 Å². The number of hydrogen-bond acceptors (Lipinski definition) is 4. The largest absolute Gasteiger partial charge is 0.488 e. The fourth-order valence-corrected chi connectivity index (χ4v) is 3.80. The highest BCUT2D eigenvalue weighted by atomic mass is 79.9. The van der Waals surface area contributed by atoms with Gasteiger partial charge in [0, 0.05) is 15.9 Å². The molecule has 0 saturated carbocycles. The standard InChI is InChI=1S/C23H22BrN3O/c24-18-6-3-4-16(12-18)14-23(26)11-10-20(13-22(23)25)28-15-19-9-8-17-5-1-2-7-21(17)27-19/h1-13,22H,14-15,25-26H2. The van der Waals surface area contributed by atoms with Crippen LogP contribution in [0.4, 0.5) is 0 Å². The van der Waals surface area contributed by atoms with Crippen LogP contribution >= 0.6 is 15.9 Å². The molecule has 0 bridgehead atoms. The minimum atomic E-state index is -0.644. The second kappa shape index (κ2) is 7.87. The SMILES string of the molecule is NC1C=C(OCc2ccc3ccccc3n2)C=CC1(N)Cc1cccc(Br)c1. The molecule has 1 heterocycles. The Morgan fingerprint density at radius 3 is 2.75 bits per heavy atom. The zero-order chi connectivity index (χ0) is 19.6. The quantitative estimate of drug-likeness (QED) is 0.628. The number of para-hydroxylation sites is 1. The van der Waals surface area contributed by atoms with E-state index in [4.69, 9.17) is 16.2 Å². The maximum atomic E-state index is 6.58. The molecule has 1 aromatic heterocycles. The van der Waals surface area contributed by atoms with Crippen molar-refractivity contribution in [1.29, 1.82) is 0 Å². The summed E-state index contributed by atoms with van der Waals surface area (Å²) >= 11 is 3.50. The lowest BCUT2D eigenvalue weighted by Crippen LogP contribution is -2.55. The van der Waals surface area contributed by atoms with E-state index in [-0.39, 0.29) is 6.04 Å². The van der Waals surface area contributed by atoms with E-state index in [9.17, 15) is 0 Å². The van der Waals surface area contributed by atoms with Crippen molar-refractivity contribution >= 4 is 26.8 Å². The molecule has 4 nitrogen and oxygen atoms in total. The van der Waals surface area contributed by atoms with E-state index in [1.54, 1.807) is 0 Å². The number of halogens is 1. The Morgan fingerprint density at radius 2 is 1.93 bits per heavy atom. The first-order valence-corrected chi connectivity index (χ1v) is 9.99. The van der Waals surface area contributed by atoms with Gasteiger partial charge < -0.3 is 16.2 Å². The number of allylic oxidation sites excluding steroid dienone is 1. The third-order valence-electron chi connectivity index (χ3n) is 4.96. The Hall–Kier alpha value is -2.47. The Kier molecular flexibility index (Phi) is 5.31. The Balaban J connectivity index is 1.42. The lowest BCUT2D eigenvalue weighted by atomic mass is 9.82. The lowest BCUT2D eigenvalue weighted by molar-refractivity contribution is 0.202. The normalized spacial score (nSPS) is 21.5. The van der Waals surface area contributed by atoms with Crippen LogP contribution in [-0.4, -0.2) is 16.6 Å². The van der Waals surface area contributed by atoms with E-state index in [1.165, 1.54) is 0 Å². The highest BCUT2D eigenvalue weighted by Gasteiger charge is 2.32. The van der Waals surface area contributed by atoms with E-state index in [1.807, 2.05) is 60.7 Å². The van der Waals surface area contributed by atoms with Gasteiger partial charge in [0.1, 0.15) is 12.4 Å². The summed E-state index contributed by atoms with van der Waals surface area (Å²) in [6, 6.07) is 19.9. The summed E-state index contributed by atoms with van der Waals surface area (Å²) in [5, 5.41) is 1.12. The first kappa shape index (κ1) is 18.9. The molecule has 0 aliphatic heterocycles. The Morgan fingerprint density at radius 1 is 1.07 bits per heavy atom. The van der Waals surface area contributed by atoms with Gasteiger partial charge in [-0.15, -0.1) is 0 Å².